The molecule has 0 fully saturated rings. The molecule has 0 saturated heterocycles. The van der Waals surface area contributed by atoms with Gasteiger partial charge in [0.15, 0.2) is 5.82 Å². The van der Waals surface area contributed by atoms with Crippen LogP contribution in [-0.2, 0) is 20.1 Å². The van der Waals surface area contributed by atoms with E-state index in [0.29, 0.717) is 36.0 Å². The van der Waals surface area contributed by atoms with Gasteiger partial charge in [-0.15, -0.1) is 0 Å². The normalized spacial score (nSPS) is 11.9. The minimum absolute atomic E-state index is 0.0719. The quantitative estimate of drug-likeness (QED) is 0.396. The molecule has 0 spiro atoms. The van der Waals surface area contributed by atoms with E-state index in [0.717, 1.165) is 16.6 Å². The zero-order valence-corrected chi connectivity index (χ0v) is 19.4. The fraction of sp³-hybridized carbons (Fsp3) is 0.333. The summed E-state index contributed by atoms with van der Waals surface area (Å²) in [5, 5.41) is 17.9. The number of rotatable bonds is 7. The smallest absolute Gasteiger partial charge is 0.329 e. The van der Waals surface area contributed by atoms with Crippen molar-refractivity contribution in [1.82, 2.24) is 28.9 Å². The Labute approximate surface area is 194 Å². The van der Waals surface area contributed by atoms with E-state index in [-0.39, 0.29) is 11.0 Å². The molecule has 1 aromatic carbocycles. The van der Waals surface area contributed by atoms with E-state index in [9.17, 15) is 9.90 Å². The average molecular weight is 476 g/mol. The number of aliphatic hydroxyl groups is 1. The van der Waals surface area contributed by atoms with Gasteiger partial charge >= 0.3 is 5.69 Å². The average Bonchev–Trinajstić information content (AvgIpc) is 3.24. The minimum atomic E-state index is -0.904. The lowest BCUT2D eigenvalue weighted by Crippen LogP contribution is -2.28. The first kappa shape index (κ1) is 22.3. The van der Waals surface area contributed by atoms with Gasteiger partial charge in [-0.25, -0.2) is 9.78 Å². The fourth-order valence-electron chi connectivity index (χ4n) is 3.46. The number of fused-ring (bicyclic) bond motifs is 1. The van der Waals surface area contributed by atoms with E-state index < -0.39 is 5.60 Å². The molecule has 3 heterocycles. The van der Waals surface area contributed by atoms with Crippen LogP contribution in [0.25, 0.3) is 11.0 Å². The van der Waals surface area contributed by atoms with E-state index in [2.05, 4.69) is 20.4 Å². The molecule has 4 rings (SSSR count). The van der Waals surface area contributed by atoms with Crippen molar-refractivity contribution in [1.29, 1.82) is 0 Å². The van der Waals surface area contributed by atoms with E-state index in [1.807, 2.05) is 31.4 Å². The number of nitrogens with zero attached hydrogens (tertiary/aromatic N) is 6. The van der Waals surface area contributed by atoms with Crippen molar-refractivity contribution in [3.8, 4) is 0 Å². The number of hydrogen-bond donors (Lipinski definition) is 2. The van der Waals surface area contributed by atoms with Crippen LogP contribution >= 0.6 is 23.2 Å². The number of aromatic nitrogens is 6. The highest BCUT2D eigenvalue weighted by Crippen LogP contribution is 2.27. The van der Waals surface area contributed by atoms with Gasteiger partial charge in [0.25, 0.3) is 0 Å². The predicted octanol–water partition coefficient (Wildman–Crippen LogP) is 3.59. The summed E-state index contributed by atoms with van der Waals surface area (Å²) >= 11 is 12.1. The third-order valence-electron chi connectivity index (χ3n) is 5.04. The van der Waals surface area contributed by atoms with Crippen molar-refractivity contribution in [2.45, 2.75) is 39.0 Å². The second-order valence-electron chi connectivity index (χ2n) is 8.27. The van der Waals surface area contributed by atoms with Crippen LogP contribution in [0.3, 0.4) is 0 Å². The predicted molar refractivity (Wildman–Crippen MR) is 125 cm³/mol. The molecule has 0 amide bonds. The van der Waals surface area contributed by atoms with Gasteiger partial charge in [0.2, 0.25) is 5.28 Å². The summed E-state index contributed by atoms with van der Waals surface area (Å²) in [5.74, 6) is 0.367. The van der Waals surface area contributed by atoms with E-state index in [1.165, 1.54) is 6.20 Å². The number of anilines is 2. The van der Waals surface area contributed by atoms with Crippen LogP contribution in [0.4, 0.5) is 11.5 Å². The highest BCUT2D eigenvalue weighted by Gasteiger charge is 2.19. The van der Waals surface area contributed by atoms with Gasteiger partial charge in [-0.3, -0.25) is 13.8 Å². The molecule has 0 aliphatic carbocycles. The third-order valence-corrected chi connectivity index (χ3v) is 5.50. The van der Waals surface area contributed by atoms with Gasteiger partial charge in [-0.2, -0.15) is 10.1 Å². The number of halogens is 2. The number of nitrogens with one attached hydrogen (secondary N) is 1. The van der Waals surface area contributed by atoms with Crippen molar-refractivity contribution >= 4 is 45.7 Å². The maximum atomic E-state index is 13.3. The lowest BCUT2D eigenvalue weighted by atomic mass is 10.1. The zero-order chi connectivity index (χ0) is 23.0. The molecule has 0 bridgehead atoms. The Hall–Kier alpha value is -2.88. The van der Waals surface area contributed by atoms with Gasteiger partial charge in [-0.1, -0.05) is 11.6 Å². The molecular formula is C21H23Cl2N7O2. The maximum Gasteiger partial charge on any atom is 0.329 e. The molecule has 4 aromatic rings. The number of hydrogen-bond acceptors (Lipinski definition) is 6. The molecule has 3 aromatic heterocycles. The van der Waals surface area contributed by atoms with Gasteiger partial charge in [0, 0.05) is 31.0 Å². The van der Waals surface area contributed by atoms with Gasteiger partial charge in [-0.05, 0) is 50.1 Å². The molecule has 168 valence electrons. The Morgan fingerprint density at radius 3 is 2.62 bits per heavy atom. The first-order valence-corrected chi connectivity index (χ1v) is 10.7. The van der Waals surface area contributed by atoms with Gasteiger partial charge in [0.05, 0.1) is 35.6 Å². The second-order valence-corrected chi connectivity index (χ2v) is 9.01. The molecule has 32 heavy (non-hydrogen) atoms. The van der Waals surface area contributed by atoms with Crippen LogP contribution in [0.1, 0.15) is 25.8 Å². The summed E-state index contributed by atoms with van der Waals surface area (Å²) in [6.07, 6.45) is 5.46. The lowest BCUT2D eigenvalue weighted by Gasteiger charge is -2.17. The summed E-state index contributed by atoms with van der Waals surface area (Å²) in [4.78, 5) is 21.3. The van der Waals surface area contributed by atoms with E-state index >= 15 is 0 Å². The van der Waals surface area contributed by atoms with Crippen LogP contribution in [-0.4, -0.2) is 39.6 Å². The molecule has 0 aliphatic rings. The Morgan fingerprint density at radius 2 is 1.94 bits per heavy atom. The maximum absolute atomic E-state index is 13.3. The molecule has 2 N–H and O–H groups in total. The molecule has 0 saturated carbocycles. The molecular weight excluding hydrogens is 453 g/mol. The second kappa shape index (κ2) is 8.57. The standard InChI is InChI=1S/C21H23Cl2N7O2/c1-21(2,32)6-7-29-17-8-14(26-18-15(22)10-24-19(23)27-18)4-5-16(17)30(20(29)31)12-13-9-25-28(3)11-13/h4-5,8-11,32H,6-7,12H2,1-3H3,(H,24,26,27). The minimum Gasteiger partial charge on any atom is -0.390 e. The van der Waals surface area contributed by atoms with Gasteiger partial charge < -0.3 is 10.4 Å². The van der Waals surface area contributed by atoms with Gasteiger partial charge in [0.1, 0.15) is 5.02 Å². The summed E-state index contributed by atoms with van der Waals surface area (Å²) < 4.78 is 5.07. The van der Waals surface area contributed by atoms with Crippen LogP contribution < -0.4 is 11.0 Å². The SMILES string of the molecule is Cn1cc(Cn2c(=O)n(CCC(C)(C)O)c3cc(Nc4nc(Cl)ncc4Cl)ccc32)cn1. The summed E-state index contributed by atoms with van der Waals surface area (Å²) in [7, 11) is 1.83. The van der Waals surface area contributed by atoms with E-state index in [1.54, 1.807) is 33.9 Å². The summed E-state index contributed by atoms with van der Waals surface area (Å²) in [6.45, 7) is 4.20. The Bertz CT molecular complexity index is 1330. The highest BCUT2D eigenvalue weighted by atomic mass is 35.5. The highest BCUT2D eigenvalue weighted by molar-refractivity contribution is 6.33. The van der Waals surface area contributed by atoms with Crippen LogP contribution in [0.5, 0.6) is 0 Å². The van der Waals surface area contributed by atoms with E-state index in [4.69, 9.17) is 23.2 Å². The first-order valence-electron chi connectivity index (χ1n) is 9.99. The van der Waals surface area contributed by atoms with Crippen molar-refractivity contribution in [3.63, 3.8) is 0 Å². The monoisotopic (exact) mass is 475 g/mol. The summed E-state index contributed by atoms with van der Waals surface area (Å²) in [5.41, 5.74) is 2.04. The molecule has 0 unspecified atom stereocenters. The Morgan fingerprint density at radius 1 is 1.16 bits per heavy atom. The molecule has 0 radical (unpaired) electrons. The first-order chi connectivity index (χ1) is 15.1. The zero-order valence-electron chi connectivity index (χ0n) is 17.9. The van der Waals surface area contributed by atoms with Crippen LogP contribution in [0, 0.1) is 0 Å². The summed E-state index contributed by atoms with van der Waals surface area (Å²) in [6, 6.07) is 5.56. The molecule has 0 aliphatic heterocycles. The fourth-order valence-corrected chi connectivity index (χ4v) is 3.73. The molecule has 11 heteroatoms. The number of imidazole rings is 1. The lowest BCUT2D eigenvalue weighted by molar-refractivity contribution is 0.0662. The van der Waals surface area contributed by atoms with Crippen LogP contribution in [0.15, 0.2) is 41.6 Å². The van der Waals surface area contributed by atoms with Crippen molar-refractivity contribution < 1.29 is 5.11 Å². The largest absolute Gasteiger partial charge is 0.390 e. The van der Waals surface area contributed by atoms with Crippen molar-refractivity contribution in [3.05, 3.63) is 63.1 Å². The molecule has 9 nitrogen and oxygen atoms in total. The van der Waals surface area contributed by atoms with Crippen molar-refractivity contribution in [2.75, 3.05) is 5.32 Å². The van der Waals surface area contributed by atoms with Crippen LogP contribution in [0.2, 0.25) is 10.3 Å². The Kier molecular flexibility index (Phi) is 5.98. The topological polar surface area (TPSA) is 103 Å². The third kappa shape index (κ3) is 4.79. The Balaban J connectivity index is 1.78. The molecule has 0 atom stereocenters. The number of benzene rings is 1. The number of aryl methyl sites for hydroxylation is 2. The van der Waals surface area contributed by atoms with Crippen molar-refractivity contribution in [2.24, 2.45) is 7.05 Å².